The first-order chi connectivity index (χ1) is 11.0. The third-order valence-corrected chi connectivity index (χ3v) is 3.77. The summed E-state index contributed by atoms with van der Waals surface area (Å²) in [5.41, 5.74) is 4.29. The molecule has 0 aliphatic heterocycles. The standard InChI is InChI=1S/C18H17N3O2/c1-11-10-12(21(2)3)4-6-14(11)19-15-7-8-16(22)18-13(15)5-9-17(23)20-18/h4-10H,1-3H3,(H,20,23). The van der Waals surface area contributed by atoms with Crippen LogP contribution in [0, 0.1) is 6.92 Å². The molecule has 5 heteroatoms. The van der Waals surface area contributed by atoms with E-state index in [0.29, 0.717) is 17.0 Å². The molecule has 2 aromatic rings. The van der Waals surface area contributed by atoms with Gasteiger partial charge < -0.3 is 9.88 Å². The number of fused-ring (bicyclic) bond motifs is 1. The minimum Gasteiger partial charge on any atom is -0.378 e. The Morgan fingerprint density at radius 1 is 1.04 bits per heavy atom. The molecule has 1 aromatic carbocycles. The van der Waals surface area contributed by atoms with Crippen LogP contribution in [0.3, 0.4) is 0 Å². The van der Waals surface area contributed by atoms with E-state index >= 15 is 0 Å². The second kappa shape index (κ2) is 5.68. The number of allylic oxidation sites excluding steroid dienone is 2. The van der Waals surface area contributed by atoms with Crippen molar-refractivity contribution in [1.29, 1.82) is 0 Å². The summed E-state index contributed by atoms with van der Waals surface area (Å²) >= 11 is 0. The van der Waals surface area contributed by atoms with E-state index in [0.717, 1.165) is 16.9 Å². The second-order valence-electron chi connectivity index (χ2n) is 5.67. The Kier molecular flexibility index (Phi) is 3.70. The summed E-state index contributed by atoms with van der Waals surface area (Å²) in [7, 11) is 3.98. The van der Waals surface area contributed by atoms with Crippen LogP contribution in [0.5, 0.6) is 0 Å². The van der Waals surface area contributed by atoms with Gasteiger partial charge in [0.05, 0.1) is 17.1 Å². The van der Waals surface area contributed by atoms with Crippen molar-refractivity contribution in [3.05, 3.63) is 69.7 Å². The van der Waals surface area contributed by atoms with Gasteiger partial charge in [0, 0.05) is 31.4 Å². The Morgan fingerprint density at radius 3 is 2.52 bits per heavy atom. The fourth-order valence-electron chi connectivity index (χ4n) is 2.48. The number of aromatic nitrogens is 1. The molecule has 1 aliphatic carbocycles. The number of carbonyl (C=O) groups excluding carboxylic acids is 1. The van der Waals surface area contributed by atoms with Gasteiger partial charge in [-0.05, 0) is 48.9 Å². The van der Waals surface area contributed by atoms with Crippen LogP contribution >= 0.6 is 0 Å². The zero-order valence-electron chi connectivity index (χ0n) is 13.3. The molecule has 0 atom stereocenters. The minimum absolute atomic E-state index is 0.212. The third kappa shape index (κ3) is 2.85. The van der Waals surface area contributed by atoms with Crippen molar-refractivity contribution in [1.82, 2.24) is 4.98 Å². The van der Waals surface area contributed by atoms with Gasteiger partial charge in [-0.1, -0.05) is 0 Å². The van der Waals surface area contributed by atoms with E-state index < -0.39 is 0 Å². The molecular weight excluding hydrogens is 290 g/mol. The van der Waals surface area contributed by atoms with Crippen LogP contribution in [-0.2, 0) is 0 Å². The number of pyridine rings is 1. The number of hydrogen-bond donors (Lipinski definition) is 1. The zero-order chi connectivity index (χ0) is 16.6. The van der Waals surface area contributed by atoms with Gasteiger partial charge in [0.25, 0.3) is 0 Å². The Labute approximate surface area is 134 Å². The van der Waals surface area contributed by atoms with Crippen molar-refractivity contribution < 1.29 is 4.79 Å². The highest BCUT2D eigenvalue weighted by atomic mass is 16.1. The number of anilines is 1. The van der Waals surface area contributed by atoms with Crippen LogP contribution in [-0.4, -0.2) is 30.6 Å². The summed E-state index contributed by atoms with van der Waals surface area (Å²) in [6, 6.07) is 9.05. The maximum atomic E-state index is 11.9. The summed E-state index contributed by atoms with van der Waals surface area (Å²) in [4.78, 5) is 32.6. The van der Waals surface area contributed by atoms with E-state index in [1.54, 1.807) is 12.1 Å². The summed E-state index contributed by atoms with van der Waals surface area (Å²) < 4.78 is 0. The van der Waals surface area contributed by atoms with Crippen LogP contribution in [0.1, 0.15) is 21.6 Å². The molecule has 0 spiro atoms. The van der Waals surface area contributed by atoms with Crippen LogP contribution in [0.4, 0.5) is 11.4 Å². The van der Waals surface area contributed by atoms with Gasteiger partial charge in [-0.2, -0.15) is 0 Å². The predicted octanol–water partition coefficient (Wildman–Crippen LogP) is 2.62. The topological polar surface area (TPSA) is 65.5 Å². The molecule has 1 N–H and O–H groups in total. The van der Waals surface area contributed by atoms with Gasteiger partial charge in [0.15, 0.2) is 0 Å². The monoisotopic (exact) mass is 307 g/mol. The molecule has 1 aromatic heterocycles. The summed E-state index contributed by atoms with van der Waals surface area (Å²) in [5.74, 6) is -0.212. The maximum absolute atomic E-state index is 11.9. The van der Waals surface area contributed by atoms with Gasteiger partial charge in [0.1, 0.15) is 0 Å². The van der Waals surface area contributed by atoms with Crippen molar-refractivity contribution in [2.24, 2.45) is 4.99 Å². The van der Waals surface area contributed by atoms with E-state index in [4.69, 9.17) is 0 Å². The predicted molar refractivity (Wildman–Crippen MR) is 92.2 cm³/mol. The molecule has 3 rings (SSSR count). The van der Waals surface area contributed by atoms with E-state index in [1.165, 1.54) is 12.1 Å². The first-order valence-electron chi connectivity index (χ1n) is 7.28. The van der Waals surface area contributed by atoms with Crippen molar-refractivity contribution in [2.45, 2.75) is 6.92 Å². The van der Waals surface area contributed by atoms with Crippen LogP contribution < -0.4 is 10.5 Å². The number of benzene rings is 1. The van der Waals surface area contributed by atoms with Gasteiger partial charge in [-0.25, -0.2) is 4.99 Å². The Hall–Kier alpha value is -2.95. The number of nitrogens with zero attached hydrogens (tertiary/aromatic N) is 2. The molecule has 0 saturated heterocycles. The number of hydrogen-bond acceptors (Lipinski definition) is 4. The number of aryl methyl sites for hydroxylation is 1. The summed E-state index contributed by atoms with van der Waals surface area (Å²) in [6.07, 6.45) is 3.11. The fourth-order valence-corrected chi connectivity index (χ4v) is 2.48. The lowest BCUT2D eigenvalue weighted by Gasteiger charge is -2.15. The molecule has 116 valence electrons. The summed E-state index contributed by atoms with van der Waals surface area (Å²) in [5, 5.41) is 0. The van der Waals surface area contributed by atoms with Crippen molar-refractivity contribution in [3.8, 4) is 0 Å². The highest BCUT2D eigenvalue weighted by molar-refractivity contribution is 6.23. The van der Waals surface area contributed by atoms with Crippen molar-refractivity contribution >= 4 is 22.9 Å². The SMILES string of the molecule is Cc1cc(N(C)C)ccc1N=C1C=CC(=O)c2[nH]c(=O)ccc21. The Morgan fingerprint density at radius 2 is 1.83 bits per heavy atom. The third-order valence-electron chi connectivity index (χ3n) is 3.77. The Balaban J connectivity index is 2.09. The molecule has 0 unspecified atom stereocenters. The molecule has 0 bridgehead atoms. The van der Waals surface area contributed by atoms with E-state index in [1.807, 2.05) is 38.1 Å². The van der Waals surface area contributed by atoms with E-state index in [-0.39, 0.29) is 11.3 Å². The number of nitrogens with one attached hydrogen (secondary N) is 1. The van der Waals surface area contributed by atoms with Crippen LogP contribution in [0.25, 0.3) is 0 Å². The number of carbonyl (C=O) groups is 1. The van der Waals surface area contributed by atoms with Crippen LogP contribution in [0.2, 0.25) is 0 Å². The van der Waals surface area contributed by atoms with Crippen molar-refractivity contribution in [3.63, 3.8) is 0 Å². The van der Waals surface area contributed by atoms with Crippen molar-refractivity contribution in [2.75, 3.05) is 19.0 Å². The average molecular weight is 307 g/mol. The highest BCUT2D eigenvalue weighted by Crippen LogP contribution is 2.26. The zero-order valence-corrected chi connectivity index (χ0v) is 13.3. The van der Waals surface area contributed by atoms with Gasteiger partial charge in [-0.15, -0.1) is 0 Å². The Bertz CT molecular complexity index is 905. The number of ketones is 1. The van der Waals surface area contributed by atoms with Gasteiger partial charge >= 0.3 is 0 Å². The number of rotatable bonds is 2. The van der Waals surface area contributed by atoms with E-state index in [9.17, 15) is 9.59 Å². The molecule has 23 heavy (non-hydrogen) atoms. The number of H-pyrrole nitrogens is 1. The molecule has 0 radical (unpaired) electrons. The largest absolute Gasteiger partial charge is 0.378 e. The number of aromatic amines is 1. The smallest absolute Gasteiger partial charge is 0.248 e. The maximum Gasteiger partial charge on any atom is 0.248 e. The molecule has 0 fully saturated rings. The lowest BCUT2D eigenvalue weighted by Crippen LogP contribution is -2.19. The highest BCUT2D eigenvalue weighted by Gasteiger charge is 2.18. The lowest BCUT2D eigenvalue weighted by atomic mass is 9.99. The molecule has 0 saturated carbocycles. The quantitative estimate of drug-likeness (QED) is 0.927. The van der Waals surface area contributed by atoms with E-state index in [2.05, 4.69) is 16.0 Å². The summed E-state index contributed by atoms with van der Waals surface area (Å²) in [6.45, 7) is 2.00. The minimum atomic E-state index is -0.293. The van der Waals surface area contributed by atoms with Crippen LogP contribution in [0.15, 0.2) is 52.3 Å². The molecule has 0 amide bonds. The molecular formula is C18H17N3O2. The van der Waals surface area contributed by atoms with Gasteiger partial charge in [-0.3, -0.25) is 9.59 Å². The normalized spacial score (nSPS) is 14.9. The van der Waals surface area contributed by atoms with Gasteiger partial charge in [0.2, 0.25) is 11.3 Å². The average Bonchev–Trinajstić information content (AvgIpc) is 2.51. The number of aliphatic imine (C=N–C) groups is 1. The second-order valence-corrected chi connectivity index (χ2v) is 5.67. The molecule has 1 heterocycles. The first kappa shape index (κ1) is 15.0. The first-order valence-corrected chi connectivity index (χ1v) is 7.28. The lowest BCUT2D eigenvalue weighted by molar-refractivity contribution is 0.104. The fraction of sp³-hybridized carbons (Fsp3) is 0.167. The molecule has 5 nitrogen and oxygen atoms in total. The molecule has 1 aliphatic rings.